The predicted octanol–water partition coefficient (Wildman–Crippen LogP) is 2.19. The number of H-pyrrole nitrogens is 1. The molecule has 4 atom stereocenters. The summed E-state index contributed by atoms with van der Waals surface area (Å²) >= 11 is 1.14. The molecule has 28 heavy (non-hydrogen) atoms. The van der Waals surface area contributed by atoms with E-state index in [4.69, 9.17) is 13.8 Å². The minimum atomic E-state index is -2.69. The van der Waals surface area contributed by atoms with E-state index in [-0.39, 0.29) is 30.4 Å². The van der Waals surface area contributed by atoms with Crippen molar-refractivity contribution in [1.82, 2.24) is 9.55 Å². The summed E-state index contributed by atoms with van der Waals surface area (Å²) in [6.07, 6.45) is 1.14. The van der Waals surface area contributed by atoms with Crippen molar-refractivity contribution >= 4 is 25.1 Å². The van der Waals surface area contributed by atoms with E-state index in [1.54, 1.807) is 0 Å². The number of nitrogens with one attached hydrogen (secondary N) is 1. The summed E-state index contributed by atoms with van der Waals surface area (Å²) in [5, 5.41) is 0.0496. The van der Waals surface area contributed by atoms with Gasteiger partial charge in [-0.05, 0) is 6.42 Å². The number of hydrogen-bond acceptors (Lipinski definition) is 8. The Balaban J connectivity index is 1.73. The Kier molecular flexibility index (Phi) is 8.27. The molecule has 0 spiro atoms. The molecule has 1 fully saturated rings. The fourth-order valence-corrected chi connectivity index (χ4v) is 4.28. The first-order valence-electron chi connectivity index (χ1n) is 9.01. The molecular weight excluding hydrogens is 407 g/mol. The van der Waals surface area contributed by atoms with Gasteiger partial charge in [0.2, 0.25) is 0 Å². The molecule has 0 aromatic carbocycles. The van der Waals surface area contributed by atoms with Crippen LogP contribution in [0.25, 0.3) is 0 Å². The number of hydrogen-bond donors (Lipinski definition) is 1. The maximum Gasteiger partial charge on any atom is 0.330 e. The quantitative estimate of drug-likeness (QED) is 0.489. The molecule has 0 aliphatic carbocycles. The van der Waals surface area contributed by atoms with Crippen LogP contribution in [-0.4, -0.2) is 39.7 Å². The van der Waals surface area contributed by atoms with Gasteiger partial charge in [0.15, 0.2) is 5.12 Å². The topological polar surface area (TPSA) is 117 Å². The van der Waals surface area contributed by atoms with E-state index in [1.165, 1.54) is 16.8 Å². The van der Waals surface area contributed by atoms with Gasteiger partial charge in [0, 0.05) is 29.3 Å². The first-order chi connectivity index (χ1) is 13.1. The molecule has 1 aromatic rings. The van der Waals surface area contributed by atoms with Gasteiger partial charge in [-0.1, -0.05) is 39.5 Å². The Bertz CT molecular complexity index is 817. The van der Waals surface area contributed by atoms with Crippen LogP contribution in [-0.2, 0) is 23.1 Å². The van der Waals surface area contributed by atoms with E-state index < -0.39 is 31.1 Å². The number of aromatic nitrogens is 2. The maximum absolute atomic E-state index is 11.9. The zero-order valence-electron chi connectivity index (χ0n) is 16.4. The van der Waals surface area contributed by atoms with E-state index in [1.807, 2.05) is 27.7 Å². The molecule has 0 radical (unpaired) electrons. The highest BCUT2D eigenvalue weighted by Crippen LogP contribution is 2.35. The zero-order valence-corrected chi connectivity index (χ0v) is 18.2. The minimum absolute atomic E-state index is 0.0141. The number of rotatable bonds is 8. The van der Waals surface area contributed by atoms with Gasteiger partial charge in [0.1, 0.15) is 6.23 Å². The third-order valence-corrected chi connectivity index (χ3v) is 6.20. The second-order valence-corrected chi connectivity index (χ2v) is 9.82. The Morgan fingerprint density at radius 3 is 2.75 bits per heavy atom. The SMILES string of the molecule is C[C@H]1C[C@@H](CO[PH](=O)OCCSC(=O)C(C)(C)C)O[C@H]1n1ccc(=O)[nH]c1=O. The van der Waals surface area contributed by atoms with Crippen molar-refractivity contribution in [2.45, 2.75) is 46.4 Å². The van der Waals surface area contributed by atoms with E-state index in [0.29, 0.717) is 12.2 Å². The second-order valence-electron chi connectivity index (χ2n) is 7.67. The van der Waals surface area contributed by atoms with Crippen LogP contribution < -0.4 is 11.2 Å². The summed E-state index contributed by atoms with van der Waals surface area (Å²) in [6.45, 7) is 7.67. The average Bonchev–Trinajstić information content (AvgIpc) is 2.96. The Morgan fingerprint density at radius 2 is 2.11 bits per heavy atom. The lowest BCUT2D eigenvalue weighted by molar-refractivity contribution is -0.117. The number of ether oxygens (including phenoxy) is 1. The van der Waals surface area contributed by atoms with E-state index >= 15 is 0 Å². The molecule has 1 aliphatic rings. The fourth-order valence-electron chi connectivity index (χ4n) is 2.67. The Labute approximate surface area is 168 Å². The van der Waals surface area contributed by atoms with Crippen LogP contribution in [0.15, 0.2) is 21.9 Å². The van der Waals surface area contributed by atoms with Crippen molar-refractivity contribution in [3.63, 3.8) is 0 Å². The van der Waals surface area contributed by atoms with Crippen LogP contribution in [0.3, 0.4) is 0 Å². The first kappa shape index (κ1) is 23.1. The van der Waals surface area contributed by atoms with Crippen LogP contribution in [0, 0.1) is 11.3 Å². The molecule has 1 unspecified atom stereocenters. The van der Waals surface area contributed by atoms with Crippen molar-refractivity contribution in [1.29, 1.82) is 0 Å². The molecule has 2 rings (SSSR count). The van der Waals surface area contributed by atoms with Gasteiger partial charge in [-0.2, -0.15) is 0 Å². The van der Waals surface area contributed by atoms with Crippen molar-refractivity contribution in [3.8, 4) is 0 Å². The van der Waals surface area contributed by atoms with Crippen molar-refractivity contribution in [2.75, 3.05) is 19.0 Å². The molecule has 0 saturated carbocycles. The standard InChI is InChI=1S/C17H27N2O7PS/c1-11-9-12(26-14(11)19-6-5-13(20)18-16(19)22)10-25-27(23)24-7-8-28-15(21)17(2,3)4/h5-6,11-12,14,27H,7-10H2,1-4H3,(H,18,20,22)/t11-,12-,14+/m0/s1. The number of aromatic amines is 1. The maximum atomic E-state index is 11.9. The lowest BCUT2D eigenvalue weighted by atomic mass is 10.00. The minimum Gasteiger partial charge on any atom is -0.352 e. The molecule has 9 nitrogen and oxygen atoms in total. The third-order valence-electron chi connectivity index (χ3n) is 4.11. The third kappa shape index (κ3) is 6.70. The van der Waals surface area contributed by atoms with Gasteiger partial charge in [0.05, 0.1) is 19.3 Å². The normalized spacial score (nSPS) is 23.6. The molecule has 1 aliphatic heterocycles. The molecule has 1 N–H and O–H groups in total. The second kappa shape index (κ2) is 10.0. The van der Waals surface area contributed by atoms with Gasteiger partial charge in [-0.15, -0.1) is 0 Å². The van der Waals surface area contributed by atoms with Crippen molar-refractivity contribution in [2.24, 2.45) is 11.3 Å². The highest BCUT2D eigenvalue weighted by Gasteiger charge is 2.34. The van der Waals surface area contributed by atoms with Crippen LogP contribution in [0.5, 0.6) is 0 Å². The van der Waals surface area contributed by atoms with Crippen LogP contribution in [0.1, 0.15) is 40.3 Å². The lowest BCUT2D eigenvalue weighted by Gasteiger charge is -2.18. The van der Waals surface area contributed by atoms with Gasteiger partial charge < -0.3 is 13.8 Å². The average molecular weight is 434 g/mol. The van der Waals surface area contributed by atoms with E-state index in [0.717, 1.165) is 11.8 Å². The highest BCUT2D eigenvalue weighted by atomic mass is 32.2. The number of nitrogens with zero attached hydrogens (tertiary/aromatic N) is 1. The van der Waals surface area contributed by atoms with Gasteiger partial charge >= 0.3 is 13.9 Å². The van der Waals surface area contributed by atoms with Gasteiger partial charge in [-0.25, -0.2) is 4.79 Å². The fraction of sp³-hybridized carbons (Fsp3) is 0.706. The monoisotopic (exact) mass is 434 g/mol. The molecule has 1 aromatic heterocycles. The summed E-state index contributed by atoms with van der Waals surface area (Å²) in [6, 6.07) is 1.26. The molecule has 11 heteroatoms. The lowest BCUT2D eigenvalue weighted by Crippen LogP contribution is -2.33. The molecule has 0 bridgehead atoms. The van der Waals surface area contributed by atoms with E-state index in [9.17, 15) is 18.9 Å². The number of carbonyl (C=O) groups is 1. The van der Waals surface area contributed by atoms with Gasteiger partial charge in [-0.3, -0.25) is 23.7 Å². The number of thioether (sulfide) groups is 1. The van der Waals surface area contributed by atoms with Crippen LogP contribution in [0.2, 0.25) is 0 Å². The van der Waals surface area contributed by atoms with Crippen LogP contribution >= 0.6 is 20.0 Å². The molecule has 1 saturated heterocycles. The summed E-state index contributed by atoms with van der Waals surface area (Å²) in [4.78, 5) is 37.1. The largest absolute Gasteiger partial charge is 0.352 e. The summed E-state index contributed by atoms with van der Waals surface area (Å²) < 4.78 is 29.4. The highest BCUT2D eigenvalue weighted by molar-refractivity contribution is 8.13. The number of carbonyl (C=O) groups excluding carboxylic acids is 1. The summed E-state index contributed by atoms with van der Waals surface area (Å²) in [5.41, 5.74) is -1.43. The van der Waals surface area contributed by atoms with Crippen LogP contribution in [0.4, 0.5) is 0 Å². The Hall–Kier alpha value is -1.19. The van der Waals surface area contributed by atoms with E-state index in [2.05, 4.69) is 4.98 Å². The molecular formula is C17H27N2O7PS. The van der Waals surface area contributed by atoms with Crippen molar-refractivity contribution < 1.29 is 23.1 Å². The summed E-state index contributed by atoms with van der Waals surface area (Å²) in [5.74, 6) is 0.421. The smallest absolute Gasteiger partial charge is 0.330 e. The molecule has 0 amide bonds. The first-order valence-corrected chi connectivity index (χ1v) is 11.2. The molecule has 2 heterocycles. The van der Waals surface area contributed by atoms with Gasteiger partial charge in [0.25, 0.3) is 5.56 Å². The summed E-state index contributed by atoms with van der Waals surface area (Å²) in [7, 11) is -2.69. The van der Waals surface area contributed by atoms with Crippen molar-refractivity contribution in [3.05, 3.63) is 33.1 Å². The molecule has 158 valence electrons. The Morgan fingerprint density at radius 1 is 1.39 bits per heavy atom. The predicted molar refractivity (Wildman–Crippen MR) is 107 cm³/mol. The zero-order chi connectivity index (χ0) is 20.9.